The van der Waals surface area contributed by atoms with Crippen molar-refractivity contribution < 1.29 is 14.6 Å². The second-order valence-corrected chi connectivity index (χ2v) is 3.76. The molecule has 1 aliphatic rings. The highest BCUT2D eigenvalue weighted by molar-refractivity contribution is 5.97. The number of carbonyl (C=O) groups is 1. The SMILES string of the molecule is [CH2]c1ccc(O)c(C(=O)N2CCOCC2)c1. The van der Waals surface area contributed by atoms with Crippen molar-refractivity contribution in [2.75, 3.05) is 26.3 Å². The van der Waals surface area contributed by atoms with Crippen LogP contribution in [0.3, 0.4) is 0 Å². The Kier molecular flexibility index (Phi) is 3.10. The summed E-state index contributed by atoms with van der Waals surface area (Å²) in [6, 6.07) is 4.77. The van der Waals surface area contributed by atoms with Gasteiger partial charge in [0, 0.05) is 13.1 Å². The van der Waals surface area contributed by atoms with E-state index in [0.29, 0.717) is 31.9 Å². The first-order valence-corrected chi connectivity index (χ1v) is 5.20. The molecular weight excluding hydrogens is 206 g/mol. The maximum atomic E-state index is 12.1. The highest BCUT2D eigenvalue weighted by Gasteiger charge is 2.20. The second kappa shape index (κ2) is 4.53. The highest BCUT2D eigenvalue weighted by Crippen LogP contribution is 2.20. The van der Waals surface area contributed by atoms with Gasteiger partial charge in [0.15, 0.2) is 0 Å². The van der Waals surface area contributed by atoms with Gasteiger partial charge in [0.25, 0.3) is 5.91 Å². The maximum Gasteiger partial charge on any atom is 0.257 e. The Bertz CT molecular complexity index is 397. The second-order valence-electron chi connectivity index (χ2n) is 3.76. The molecule has 0 spiro atoms. The molecule has 0 aliphatic carbocycles. The largest absolute Gasteiger partial charge is 0.507 e. The summed E-state index contributed by atoms with van der Waals surface area (Å²) in [4.78, 5) is 13.7. The molecule has 1 saturated heterocycles. The van der Waals surface area contributed by atoms with E-state index in [9.17, 15) is 9.90 Å². The van der Waals surface area contributed by atoms with Crippen LogP contribution in [0.15, 0.2) is 18.2 Å². The van der Waals surface area contributed by atoms with Gasteiger partial charge in [-0.2, -0.15) is 0 Å². The monoisotopic (exact) mass is 220 g/mol. The van der Waals surface area contributed by atoms with E-state index in [-0.39, 0.29) is 11.7 Å². The van der Waals surface area contributed by atoms with Crippen LogP contribution in [0.4, 0.5) is 0 Å². The molecule has 0 saturated carbocycles. The molecule has 1 heterocycles. The first-order chi connectivity index (χ1) is 7.68. The molecule has 1 amide bonds. The summed E-state index contributed by atoms with van der Waals surface area (Å²) in [6.45, 7) is 5.99. The van der Waals surface area contributed by atoms with Gasteiger partial charge in [-0.25, -0.2) is 0 Å². The van der Waals surface area contributed by atoms with E-state index in [4.69, 9.17) is 4.74 Å². The van der Waals surface area contributed by atoms with Crippen molar-refractivity contribution in [1.29, 1.82) is 0 Å². The summed E-state index contributed by atoms with van der Waals surface area (Å²) >= 11 is 0. The minimum absolute atomic E-state index is 0.00360. The lowest BCUT2D eigenvalue weighted by Crippen LogP contribution is -2.40. The van der Waals surface area contributed by atoms with E-state index in [1.54, 1.807) is 17.0 Å². The van der Waals surface area contributed by atoms with Crippen molar-refractivity contribution in [2.24, 2.45) is 0 Å². The van der Waals surface area contributed by atoms with Gasteiger partial charge in [-0.05, 0) is 24.6 Å². The van der Waals surface area contributed by atoms with Gasteiger partial charge in [-0.15, -0.1) is 0 Å². The molecule has 0 bridgehead atoms. The van der Waals surface area contributed by atoms with Crippen LogP contribution in [0.5, 0.6) is 5.75 Å². The van der Waals surface area contributed by atoms with Crippen molar-refractivity contribution >= 4 is 5.91 Å². The van der Waals surface area contributed by atoms with E-state index >= 15 is 0 Å². The van der Waals surface area contributed by atoms with Gasteiger partial charge < -0.3 is 14.7 Å². The number of phenolic OH excluding ortho intramolecular Hbond substituents is 1. The Labute approximate surface area is 94.4 Å². The molecular formula is C12H14NO3. The summed E-state index contributed by atoms with van der Waals surface area (Å²) in [6.07, 6.45) is 0. The number of benzene rings is 1. The van der Waals surface area contributed by atoms with Crippen LogP contribution in [0.2, 0.25) is 0 Å². The highest BCUT2D eigenvalue weighted by atomic mass is 16.5. The molecule has 1 N–H and O–H groups in total. The van der Waals surface area contributed by atoms with Crippen LogP contribution < -0.4 is 0 Å². The number of hydrogen-bond donors (Lipinski definition) is 1. The number of hydrogen-bond acceptors (Lipinski definition) is 3. The summed E-state index contributed by atoms with van der Waals surface area (Å²) in [5, 5.41) is 9.63. The first kappa shape index (κ1) is 11.0. The molecule has 4 nitrogen and oxygen atoms in total. The summed E-state index contributed by atoms with van der Waals surface area (Å²) in [7, 11) is 0. The third kappa shape index (κ3) is 2.17. The number of phenols is 1. The summed E-state index contributed by atoms with van der Waals surface area (Å²) in [5.41, 5.74) is 1.03. The molecule has 0 unspecified atom stereocenters. The minimum atomic E-state index is -0.161. The van der Waals surface area contributed by atoms with Crippen LogP contribution >= 0.6 is 0 Å². The fraction of sp³-hybridized carbons (Fsp3) is 0.333. The average molecular weight is 220 g/mol. The van der Waals surface area contributed by atoms with Gasteiger partial charge >= 0.3 is 0 Å². The number of morpholine rings is 1. The Morgan fingerprint density at radius 2 is 2.06 bits per heavy atom. The number of rotatable bonds is 1. The number of amides is 1. The fourth-order valence-corrected chi connectivity index (χ4v) is 1.69. The lowest BCUT2D eigenvalue weighted by Gasteiger charge is -2.27. The lowest BCUT2D eigenvalue weighted by molar-refractivity contribution is 0.0301. The zero-order valence-corrected chi connectivity index (χ0v) is 8.98. The van der Waals surface area contributed by atoms with Crippen molar-refractivity contribution in [3.63, 3.8) is 0 Å². The van der Waals surface area contributed by atoms with Crippen LogP contribution in [-0.4, -0.2) is 42.2 Å². The lowest BCUT2D eigenvalue weighted by atomic mass is 10.1. The average Bonchev–Trinajstić information content (AvgIpc) is 2.32. The van der Waals surface area contributed by atoms with Crippen LogP contribution in [0.1, 0.15) is 15.9 Å². The van der Waals surface area contributed by atoms with E-state index in [0.717, 1.165) is 5.56 Å². The maximum absolute atomic E-state index is 12.1. The number of aromatic hydroxyl groups is 1. The molecule has 1 fully saturated rings. The Morgan fingerprint density at radius 1 is 1.38 bits per heavy atom. The van der Waals surface area contributed by atoms with Gasteiger partial charge in [0.2, 0.25) is 0 Å². The predicted molar refractivity (Wildman–Crippen MR) is 59.3 cm³/mol. The molecule has 1 aromatic carbocycles. The number of ether oxygens (including phenoxy) is 1. The quantitative estimate of drug-likeness (QED) is 0.769. The van der Waals surface area contributed by atoms with E-state index in [2.05, 4.69) is 6.92 Å². The summed E-state index contributed by atoms with van der Waals surface area (Å²) < 4.78 is 5.17. The predicted octanol–water partition coefficient (Wildman–Crippen LogP) is 1.05. The van der Waals surface area contributed by atoms with E-state index in [1.165, 1.54) is 6.07 Å². The van der Waals surface area contributed by atoms with Gasteiger partial charge in [0.1, 0.15) is 5.75 Å². The number of nitrogens with zero attached hydrogens (tertiary/aromatic N) is 1. The zero-order chi connectivity index (χ0) is 11.5. The normalized spacial score (nSPS) is 16.2. The van der Waals surface area contributed by atoms with E-state index < -0.39 is 0 Å². The number of carbonyl (C=O) groups excluding carboxylic acids is 1. The van der Waals surface area contributed by atoms with Crippen LogP contribution in [-0.2, 0) is 4.74 Å². The first-order valence-electron chi connectivity index (χ1n) is 5.20. The Hall–Kier alpha value is -1.55. The molecule has 16 heavy (non-hydrogen) atoms. The molecule has 85 valence electrons. The van der Waals surface area contributed by atoms with Crippen molar-refractivity contribution in [2.45, 2.75) is 0 Å². The molecule has 1 aromatic rings. The minimum Gasteiger partial charge on any atom is -0.507 e. The molecule has 1 radical (unpaired) electrons. The standard InChI is InChI=1S/C12H14NO3/c1-9-2-3-11(14)10(8-9)12(15)13-4-6-16-7-5-13/h2-3,8,14H,1,4-7H2. The van der Waals surface area contributed by atoms with Gasteiger partial charge in [-0.1, -0.05) is 6.07 Å². The summed E-state index contributed by atoms with van der Waals surface area (Å²) in [5.74, 6) is -0.157. The van der Waals surface area contributed by atoms with Crippen molar-refractivity contribution in [3.8, 4) is 5.75 Å². The Balaban J connectivity index is 2.22. The zero-order valence-electron chi connectivity index (χ0n) is 8.98. The van der Waals surface area contributed by atoms with Crippen LogP contribution in [0.25, 0.3) is 0 Å². The third-order valence-corrected chi connectivity index (χ3v) is 2.59. The molecule has 2 rings (SSSR count). The van der Waals surface area contributed by atoms with Crippen molar-refractivity contribution in [3.05, 3.63) is 36.2 Å². The molecule has 1 aliphatic heterocycles. The molecule has 0 atom stereocenters. The molecule has 4 heteroatoms. The van der Waals surface area contributed by atoms with Crippen molar-refractivity contribution in [1.82, 2.24) is 4.90 Å². The smallest absolute Gasteiger partial charge is 0.257 e. The Morgan fingerprint density at radius 3 is 2.75 bits per heavy atom. The van der Waals surface area contributed by atoms with Crippen LogP contribution in [0, 0.1) is 6.92 Å². The third-order valence-electron chi connectivity index (χ3n) is 2.59. The van der Waals surface area contributed by atoms with Gasteiger partial charge in [0.05, 0.1) is 18.8 Å². The fourth-order valence-electron chi connectivity index (χ4n) is 1.69. The van der Waals surface area contributed by atoms with E-state index in [1.807, 2.05) is 0 Å². The van der Waals surface area contributed by atoms with Gasteiger partial charge in [-0.3, -0.25) is 4.79 Å². The molecule has 0 aromatic heterocycles. The topological polar surface area (TPSA) is 49.8 Å².